The van der Waals surface area contributed by atoms with Crippen molar-refractivity contribution in [3.8, 4) is 0 Å². The van der Waals surface area contributed by atoms with Crippen LogP contribution in [0.3, 0.4) is 0 Å². The summed E-state index contributed by atoms with van der Waals surface area (Å²) in [5.74, 6) is -2.08. The second-order valence-electron chi connectivity index (χ2n) is 9.55. The Balaban J connectivity index is 1.78. The second kappa shape index (κ2) is 14.7. The predicted octanol–water partition coefficient (Wildman–Crippen LogP) is 6.03. The van der Waals surface area contributed by atoms with E-state index >= 15 is 0 Å². The number of hydrogen-bond acceptors (Lipinski definition) is 9. The van der Waals surface area contributed by atoms with E-state index in [-0.39, 0.29) is 37.4 Å². The number of hydrogen-bond donors (Lipinski definition) is 0. The van der Waals surface area contributed by atoms with E-state index in [2.05, 4.69) is 0 Å². The molecular formula is C32H33O9P. The first kappa shape index (κ1) is 30.9. The average molecular weight is 593 g/mol. The van der Waals surface area contributed by atoms with Gasteiger partial charge in [0, 0.05) is 18.9 Å². The largest absolute Gasteiger partial charge is 0.463 e. The molecule has 42 heavy (non-hydrogen) atoms. The van der Waals surface area contributed by atoms with Crippen LogP contribution in [-0.2, 0) is 50.6 Å². The summed E-state index contributed by atoms with van der Waals surface area (Å²) in [4.78, 5) is 38.3. The molecule has 0 saturated heterocycles. The SMILES string of the molecule is CCOC(=O)C1=C[C@@H](P(=O)(OCc2ccccc2)OCc2ccccc2)[C@@H](OC(=O)c2ccccc2)[C@H](OC(C)=O)C1. The molecule has 0 spiro atoms. The van der Waals surface area contributed by atoms with Gasteiger partial charge >= 0.3 is 25.5 Å². The minimum atomic E-state index is -4.26. The third-order valence-corrected chi connectivity index (χ3v) is 8.63. The lowest BCUT2D eigenvalue weighted by Gasteiger charge is -2.38. The highest BCUT2D eigenvalue weighted by Gasteiger charge is 2.50. The van der Waals surface area contributed by atoms with E-state index in [0.717, 1.165) is 11.1 Å². The molecule has 10 heteroatoms. The van der Waals surface area contributed by atoms with E-state index in [1.54, 1.807) is 61.5 Å². The van der Waals surface area contributed by atoms with E-state index in [9.17, 15) is 18.9 Å². The van der Waals surface area contributed by atoms with Gasteiger partial charge in [-0.05, 0) is 30.2 Å². The number of carbonyl (C=O) groups excluding carboxylic acids is 3. The Morgan fingerprint density at radius 3 is 1.79 bits per heavy atom. The van der Waals surface area contributed by atoms with Gasteiger partial charge in [-0.1, -0.05) is 84.9 Å². The van der Waals surface area contributed by atoms with Crippen molar-refractivity contribution in [1.29, 1.82) is 0 Å². The lowest BCUT2D eigenvalue weighted by molar-refractivity contribution is -0.154. The van der Waals surface area contributed by atoms with Gasteiger partial charge in [0.1, 0.15) is 11.8 Å². The molecule has 4 rings (SSSR count). The van der Waals surface area contributed by atoms with Crippen molar-refractivity contribution in [3.63, 3.8) is 0 Å². The summed E-state index contributed by atoms with van der Waals surface area (Å²) in [7, 11) is -4.26. The lowest BCUT2D eigenvalue weighted by atomic mass is 9.93. The zero-order valence-corrected chi connectivity index (χ0v) is 24.3. The molecule has 0 N–H and O–H groups in total. The van der Waals surface area contributed by atoms with E-state index in [1.165, 1.54) is 13.0 Å². The zero-order chi connectivity index (χ0) is 30.0. The maximum absolute atomic E-state index is 14.8. The summed E-state index contributed by atoms with van der Waals surface area (Å²) < 4.78 is 43.6. The molecule has 220 valence electrons. The first-order valence-corrected chi connectivity index (χ1v) is 15.2. The van der Waals surface area contributed by atoms with Crippen LogP contribution in [0.4, 0.5) is 0 Å². The summed E-state index contributed by atoms with van der Waals surface area (Å²) in [5.41, 5.74) is 0.479. The molecule has 0 unspecified atom stereocenters. The summed E-state index contributed by atoms with van der Waals surface area (Å²) >= 11 is 0. The topological polar surface area (TPSA) is 114 Å². The Bertz CT molecular complexity index is 1380. The molecule has 0 amide bonds. The quantitative estimate of drug-likeness (QED) is 0.141. The fourth-order valence-electron chi connectivity index (χ4n) is 4.49. The van der Waals surface area contributed by atoms with Gasteiger partial charge < -0.3 is 23.3 Å². The van der Waals surface area contributed by atoms with Gasteiger partial charge in [-0.3, -0.25) is 9.36 Å². The van der Waals surface area contributed by atoms with Crippen molar-refractivity contribution < 1.29 is 42.2 Å². The number of ether oxygens (including phenoxy) is 3. The molecule has 0 fully saturated rings. The highest BCUT2D eigenvalue weighted by Crippen LogP contribution is 2.58. The Labute approximate surface area is 244 Å². The van der Waals surface area contributed by atoms with Crippen LogP contribution in [0, 0.1) is 0 Å². The van der Waals surface area contributed by atoms with Crippen molar-refractivity contribution in [2.75, 3.05) is 6.61 Å². The normalized spacial score (nSPS) is 18.4. The third-order valence-electron chi connectivity index (χ3n) is 6.48. The van der Waals surface area contributed by atoms with E-state index < -0.39 is 43.4 Å². The monoisotopic (exact) mass is 592 g/mol. The van der Waals surface area contributed by atoms with Crippen LogP contribution in [0.2, 0.25) is 0 Å². The number of esters is 3. The van der Waals surface area contributed by atoms with Gasteiger partial charge in [0.05, 0.1) is 25.4 Å². The number of rotatable bonds is 12. The molecule has 9 nitrogen and oxygen atoms in total. The van der Waals surface area contributed by atoms with Crippen molar-refractivity contribution in [2.24, 2.45) is 0 Å². The molecule has 1 aliphatic carbocycles. The first-order chi connectivity index (χ1) is 20.3. The minimum absolute atomic E-state index is 0.0937. The maximum Gasteiger partial charge on any atom is 0.342 e. The molecule has 3 atom stereocenters. The van der Waals surface area contributed by atoms with Crippen LogP contribution in [0.5, 0.6) is 0 Å². The van der Waals surface area contributed by atoms with Crippen molar-refractivity contribution in [2.45, 2.75) is 51.3 Å². The Hall–Kier alpha value is -4.04. The Morgan fingerprint density at radius 1 is 0.762 bits per heavy atom. The molecule has 3 aromatic carbocycles. The fourth-order valence-corrected chi connectivity index (χ4v) is 6.54. The van der Waals surface area contributed by atoms with Crippen LogP contribution in [0.15, 0.2) is 103 Å². The molecule has 1 aliphatic rings. The molecule has 0 saturated carbocycles. The standard InChI is InChI=1S/C32H33O9P/c1-3-37-31(34)27-19-28(40-23(2)33)30(41-32(35)26-17-11-6-12-18-26)29(20-27)42(36,38-21-24-13-7-4-8-14-24)39-22-25-15-9-5-10-16-25/h4-18,20,28-30H,3,19,21-22H2,1-2H3/t28-,29-,30+/m1/s1. The zero-order valence-electron chi connectivity index (χ0n) is 23.4. The first-order valence-electron chi connectivity index (χ1n) is 13.6. The molecule has 0 bridgehead atoms. The molecule has 0 heterocycles. The van der Waals surface area contributed by atoms with Crippen LogP contribution < -0.4 is 0 Å². The van der Waals surface area contributed by atoms with Crippen LogP contribution in [0.1, 0.15) is 41.8 Å². The fraction of sp³-hybridized carbons (Fsp3) is 0.281. The number of carbonyl (C=O) groups is 3. The maximum atomic E-state index is 14.8. The number of benzene rings is 3. The van der Waals surface area contributed by atoms with Crippen LogP contribution in [0.25, 0.3) is 0 Å². The van der Waals surface area contributed by atoms with Crippen molar-refractivity contribution in [1.82, 2.24) is 0 Å². The van der Waals surface area contributed by atoms with Gasteiger partial charge in [-0.25, -0.2) is 9.59 Å². The smallest absolute Gasteiger partial charge is 0.342 e. The molecule has 0 radical (unpaired) electrons. The Morgan fingerprint density at radius 2 is 1.29 bits per heavy atom. The summed E-state index contributed by atoms with van der Waals surface area (Å²) in [5, 5.41) is 0. The second-order valence-corrected chi connectivity index (χ2v) is 11.7. The van der Waals surface area contributed by atoms with E-state index in [0.29, 0.717) is 0 Å². The minimum Gasteiger partial charge on any atom is -0.463 e. The van der Waals surface area contributed by atoms with Crippen LogP contribution in [-0.4, -0.2) is 42.4 Å². The molecule has 0 aliphatic heterocycles. The summed E-state index contributed by atoms with van der Waals surface area (Å²) in [6, 6.07) is 26.4. The van der Waals surface area contributed by atoms with E-state index in [1.807, 2.05) is 36.4 Å². The van der Waals surface area contributed by atoms with Crippen LogP contribution >= 0.6 is 7.60 Å². The van der Waals surface area contributed by atoms with Crippen molar-refractivity contribution >= 4 is 25.5 Å². The predicted molar refractivity (Wildman–Crippen MR) is 154 cm³/mol. The van der Waals surface area contributed by atoms with Crippen molar-refractivity contribution in [3.05, 3.63) is 119 Å². The van der Waals surface area contributed by atoms with Gasteiger partial charge in [-0.15, -0.1) is 0 Å². The van der Waals surface area contributed by atoms with Gasteiger partial charge in [-0.2, -0.15) is 0 Å². The Kier molecular flexibility index (Phi) is 10.8. The molecular weight excluding hydrogens is 559 g/mol. The molecule has 3 aromatic rings. The van der Waals surface area contributed by atoms with E-state index in [4.69, 9.17) is 23.3 Å². The highest BCUT2D eigenvalue weighted by atomic mass is 31.2. The highest BCUT2D eigenvalue weighted by molar-refractivity contribution is 7.55. The summed E-state index contributed by atoms with van der Waals surface area (Å²) in [6.45, 7) is 2.76. The van der Waals surface area contributed by atoms with Gasteiger partial charge in [0.25, 0.3) is 0 Å². The third kappa shape index (κ3) is 8.26. The summed E-state index contributed by atoms with van der Waals surface area (Å²) in [6.07, 6.45) is -1.20. The van der Waals surface area contributed by atoms with Gasteiger partial charge in [0.15, 0.2) is 6.10 Å². The molecule has 0 aromatic heterocycles. The van der Waals surface area contributed by atoms with Gasteiger partial charge in [0.2, 0.25) is 0 Å². The lowest BCUT2D eigenvalue weighted by Crippen LogP contribution is -2.46. The average Bonchev–Trinajstić information content (AvgIpc) is 3.01.